The Kier molecular flexibility index (Phi) is 4.87. The van der Waals surface area contributed by atoms with Crippen LogP contribution in [0.5, 0.6) is 0 Å². The van der Waals surface area contributed by atoms with Gasteiger partial charge in [-0.3, -0.25) is 4.98 Å². The molecule has 0 saturated heterocycles. The number of carbonyl (C=O) groups is 2. The summed E-state index contributed by atoms with van der Waals surface area (Å²) in [6.45, 7) is 0.437. The third kappa shape index (κ3) is 4.31. The van der Waals surface area contributed by atoms with E-state index in [0.29, 0.717) is 13.0 Å². The van der Waals surface area contributed by atoms with E-state index in [-0.39, 0.29) is 11.3 Å². The Hall–Kier alpha value is -2.89. The fourth-order valence-electron chi connectivity index (χ4n) is 1.81. The van der Waals surface area contributed by atoms with Crippen molar-refractivity contribution < 1.29 is 14.7 Å². The Morgan fingerprint density at radius 2 is 1.95 bits per heavy atom. The summed E-state index contributed by atoms with van der Waals surface area (Å²) >= 11 is 0. The summed E-state index contributed by atoms with van der Waals surface area (Å²) in [4.78, 5) is 26.8. The van der Waals surface area contributed by atoms with Crippen LogP contribution in [0.25, 0.3) is 0 Å². The largest absolute Gasteiger partial charge is 0.478 e. The number of carboxylic acid groups (broad SMARTS) is 1. The fourth-order valence-corrected chi connectivity index (χ4v) is 1.81. The second kappa shape index (κ2) is 7.04. The SMILES string of the molecule is O=C(NCCc1cccnc1)Nc1ccccc1C(=O)O. The smallest absolute Gasteiger partial charge is 0.337 e. The Bertz CT molecular complexity index is 629. The number of rotatable bonds is 5. The number of aromatic nitrogens is 1. The molecule has 6 heteroatoms. The molecule has 3 N–H and O–H groups in total. The Morgan fingerprint density at radius 3 is 2.67 bits per heavy atom. The fraction of sp³-hybridized carbons (Fsp3) is 0.133. The van der Waals surface area contributed by atoms with Gasteiger partial charge in [0.15, 0.2) is 0 Å². The van der Waals surface area contributed by atoms with E-state index in [1.807, 2.05) is 12.1 Å². The molecule has 1 aromatic carbocycles. The predicted octanol–water partition coefficient (Wildman–Crippen LogP) is 2.14. The summed E-state index contributed by atoms with van der Waals surface area (Å²) in [6, 6.07) is 9.57. The molecule has 0 aliphatic heterocycles. The summed E-state index contributed by atoms with van der Waals surface area (Å²) in [5.74, 6) is -1.08. The number of para-hydroxylation sites is 1. The molecule has 0 radical (unpaired) electrons. The zero-order valence-electron chi connectivity index (χ0n) is 11.2. The summed E-state index contributed by atoms with van der Waals surface area (Å²) < 4.78 is 0. The monoisotopic (exact) mass is 285 g/mol. The van der Waals surface area contributed by atoms with Crippen molar-refractivity contribution in [3.63, 3.8) is 0 Å². The molecule has 108 valence electrons. The number of hydrogen-bond donors (Lipinski definition) is 3. The van der Waals surface area contributed by atoms with E-state index in [0.717, 1.165) is 5.56 Å². The van der Waals surface area contributed by atoms with Crippen LogP contribution in [0.4, 0.5) is 10.5 Å². The number of carbonyl (C=O) groups excluding carboxylic acids is 1. The first-order valence-electron chi connectivity index (χ1n) is 6.43. The maximum Gasteiger partial charge on any atom is 0.337 e. The van der Waals surface area contributed by atoms with E-state index in [4.69, 9.17) is 5.11 Å². The summed E-state index contributed by atoms with van der Waals surface area (Å²) in [5, 5.41) is 14.2. The molecule has 0 unspecified atom stereocenters. The van der Waals surface area contributed by atoms with E-state index in [1.54, 1.807) is 30.6 Å². The van der Waals surface area contributed by atoms with Gasteiger partial charge in [-0.25, -0.2) is 9.59 Å². The third-order valence-corrected chi connectivity index (χ3v) is 2.83. The molecule has 21 heavy (non-hydrogen) atoms. The molecular formula is C15H15N3O3. The van der Waals surface area contributed by atoms with Gasteiger partial charge >= 0.3 is 12.0 Å². The number of benzene rings is 1. The quantitative estimate of drug-likeness (QED) is 0.785. The maximum atomic E-state index is 11.7. The van der Waals surface area contributed by atoms with Crippen LogP contribution in [0.3, 0.4) is 0 Å². The highest BCUT2D eigenvalue weighted by Crippen LogP contribution is 2.14. The Morgan fingerprint density at radius 1 is 1.14 bits per heavy atom. The first-order valence-corrected chi connectivity index (χ1v) is 6.43. The highest BCUT2D eigenvalue weighted by Gasteiger charge is 2.11. The van der Waals surface area contributed by atoms with Crippen LogP contribution >= 0.6 is 0 Å². The van der Waals surface area contributed by atoms with E-state index in [2.05, 4.69) is 15.6 Å². The highest BCUT2D eigenvalue weighted by atomic mass is 16.4. The molecule has 0 atom stereocenters. The van der Waals surface area contributed by atoms with Gasteiger partial charge in [0.2, 0.25) is 0 Å². The minimum absolute atomic E-state index is 0.0555. The molecule has 2 amide bonds. The number of nitrogens with zero attached hydrogens (tertiary/aromatic N) is 1. The Labute approximate surface area is 121 Å². The van der Waals surface area contributed by atoms with Crippen molar-refractivity contribution in [1.29, 1.82) is 0 Å². The van der Waals surface area contributed by atoms with Gasteiger partial charge in [0.05, 0.1) is 11.3 Å². The summed E-state index contributed by atoms with van der Waals surface area (Å²) in [5.41, 5.74) is 1.34. The van der Waals surface area contributed by atoms with Gasteiger partial charge in [0.25, 0.3) is 0 Å². The summed E-state index contributed by atoms with van der Waals surface area (Å²) in [6.07, 6.45) is 4.08. The van der Waals surface area contributed by atoms with Crippen molar-refractivity contribution in [3.05, 3.63) is 59.9 Å². The molecule has 6 nitrogen and oxygen atoms in total. The van der Waals surface area contributed by atoms with Crippen LogP contribution in [0.15, 0.2) is 48.8 Å². The van der Waals surface area contributed by atoms with Crippen molar-refractivity contribution in [1.82, 2.24) is 10.3 Å². The molecule has 0 aliphatic rings. The third-order valence-electron chi connectivity index (χ3n) is 2.83. The molecule has 1 heterocycles. The van der Waals surface area contributed by atoms with Gasteiger partial charge in [-0.1, -0.05) is 18.2 Å². The minimum atomic E-state index is -1.08. The molecule has 2 rings (SSSR count). The lowest BCUT2D eigenvalue weighted by molar-refractivity contribution is 0.0698. The highest BCUT2D eigenvalue weighted by molar-refractivity contribution is 5.99. The van der Waals surface area contributed by atoms with Crippen molar-refractivity contribution in [2.45, 2.75) is 6.42 Å². The molecule has 0 bridgehead atoms. The van der Waals surface area contributed by atoms with E-state index in [1.165, 1.54) is 6.07 Å². The molecule has 0 saturated carbocycles. The number of nitrogens with one attached hydrogen (secondary N) is 2. The predicted molar refractivity (Wildman–Crippen MR) is 78.4 cm³/mol. The number of pyridine rings is 1. The lowest BCUT2D eigenvalue weighted by Crippen LogP contribution is -2.31. The minimum Gasteiger partial charge on any atom is -0.478 e. The molecular weight excluding hydrogens is 270 g/mol. The van der Waals surface area contributed by atoms with Crippen LogP contribution in [0.1, 0.15) is 15.9 Å². The normalized spacial score (nSPS) is 9.90. The maximum absolute atomic E-state index is 11.7. The number of aromatic carboxylic acids is 1. The van der Waals surface area contributed by atoms with Gasteiger partial charge in [-0.15, -0.1) is 0 Å². The van der Waals surface area contributed by atoms with Crippen molar-refractivity contribution in [2.75, 3.05) is 11.9 Å². The lowest BCUT2D eigenvalue weighted by Gasteiger charge is -2.09. The van der Waals surface area contributed by atoms with Crippen LogP contribution in [-0.2, 0) is 6.42 Å². The van der Waals surface area contributed by atoms with Crippen molar-refractivity contribution >= 4 is 17.7 Å². The number of carboxylic acids is 1. The molecule has 2 aromatic rings. The topological polar surface area (TPSA) is 91.3 Å². The zero-order valence-corrected chi connectivity index (χ0v) is 11.2. The van der Waals surface area contributed by atoms with Gasteiger partial charge in [-0.2, -0.15) is 0 Å². The first kappa shape index (κ1) is 14.5. The van der Waals surface area contributed by atoms with Crippen molar-refractivity contribution in [2.24, 2.45) is 0 Å². The van der Waals surface area contributed by atoms with Crippen LogP contribution in [0.2, 0.25) is 0 Å². The van der Waals surface area contributed by atoms with Crippen LogP contribution in [-0.4, -0.2) is 28.6 Å². The Balaban J connectivity index is 1.86. The first-order chi connectivity index (χ1) is 10.2. The molecule has 0 fully saturated rings. The standard InChI is InChI=1S/C15H15N3O3/c19-14(20)12-5-1-2-6-13(12)18-15(21)17-9-7-11-4-3-8-16-10-11/h1-6,8,10H,7,9H2,(H,19,20)(H2,17,18,21). The van der Waals surface area contributed by atoms with E-state index >= 15 is 0 Å². The lowest BCUT2D eigenvalue weighted by atomic mass is 10.2. The molecule has 0 aliphatic carbocycles. The van der Waals surface area contributed by atoms with Crippen molar-refractivity contribution in [3.8, 4) is 0 Å². The molecule has 0 spiro atoms. The van der Waals surface area contributed by atoms with Crippen LogP contribution in [0, 0.1) is 0 Å². The van der Waals surface area contributed by atoms with Gasteiger partial charge in [0, 0.05) is 18.9 Å². The van der Waals surface area contributed by atoms with Gasteiger partial charge < -0.3 is 15.7 Å². The number of urea groups is 1. The molecule has 1 aromatic heterocycles. The van der Waals surface area contributed by atoms with Gasteiger partial charge in [-0.05, 0) is 30.2 Å². The van der Waals surface area contributed by atoms with E-state index < -0.39 is 12.0 Å². The van der Waals surface area contributed by atoms with Gasteiger partial charge in [0.1, 0.15) is 0 Å². The zero-order chi connectivity index (χ0) is 15.1. The van der Waals surface area contributed by atoms with Crippen LogP contribution < -0.4 is 10.6 Å². The average Bonchev–Trinajstić information content (AvgIpc) is 2.48. The number of hydrogen-bond acceptors (Lipinski definition) is 3. The number of amides is 2. The summed E-state index contributed by atoms with van der Waals surface area (Å²) in [7, 11) is 0. The number of anilines is 1. The second-order valence-corrected chi connectivity index (χ2v) is 4.34. The average molecular weight is 285 g/mol. The second-order valence-electron chi connectivity index (χ2n) is 4.34. The van der Waals surface area contributed by atoms with E-state index in [9.17, 15) is 9.59 Å².